The lowest BCUT2D eigenvalue weighted by atomic mass is 10.0. The molecule has 0 unspecified atom stereocenters. The first-order chi connectivity index (χ1) is 44.8. The van der Waals surface area contributed by atoms with Gasteiger partial charge in [-0.1, -0.05) is 46.4 Å². The fourth-order valence-electron chi connectivity index (χ4n) is 10.7. The number of aliphatic hydroxyl groups is 4. The van der Waals surface area contributed by atoms with Crippen molar-refractivity contribution in [3.05, 3.63) is 153 Å². The highest BCUT2D eigenvalue weighted by Crippen LogP contribution is 2.32. The van der Waals surface area contributed by atoms with Crippen molar-refractivity contribution in [3.8, 4) is 0 Å². The molecule has 8 aromatic rings. The van der Waals surface area contributed by atoms with E-state index in [9.17, 15) is 58.8 Å². The fourth-order valence-corrected chi connectivity index (χ4v) is 15.3. The number of fused-ring (bicyclic) bond motifs is 4. The summed E-state index contributed by atoms with van der Waals surface area (Å²) in [7, 11) is 0. The molecule has 4 aliphatic heterocycles. The maximum atomic E-state index is 12.5. The summed E-state index contributed by atoms with van der Waals surface area (Å²) < 4.78 is 18.5. The number of hydrogen-bond donors (Lipinski definition) is 4. The summed E-state index contributed by atoms with van der Waals surface area (Å²) in [5.74, 6) is 1.27. The first kappa shape index (κ1) is 73.9. The summed E-state index contributed by atoms with van der Waals surface area (Å²) in [6, 6.07) is 12.8. The van der Waals surface area contributed by atoms with Crippen LogP contribution in [0.1, 0.15) is 64.2 Å². The number of rotatable bonds is 16. The third kappa shape index (κ3) is 19.1. The van der Waals surface area contributed by atoms with Crippen LogP contribution < -0.4 is 22.2 Å². The average molecular weight is 1670 g/mol. The van der Waals surface area contributed by atoms with Crippen molar-refractivity contribution in [3.63, 3.8) is 0 Å². The Balaban J connectivity index is 0.000000148. The van der Waals surface area contributed by atoms with Crippen molar-refractivity contribution in [2.24, 2.45) is 0 Å². The molecule has 4 aromatic carbocycles. The minimum absolute atomic E-state index is 0.0424. The molecule has 0 bridgehead atoms. The largest absolute Gasteiger partial charge is 0.392 e. The number of Topliss-reactive ketones (excluding diaryl/α,β-unsaturated/α-hetero) is 4. The maximum Gasteiger partial charge on any atom is 0.261 e. The van der Waals surface area contributed by atoms with Crippen LogP contribution in [-0.2, 0) is 54.8 Å². The van der Waals surface area contributed by atoms with Crippen LogP contribution in [0.5, 0.6) is 0 Å². The number of benzene rings is 4. The van der Waals surface area contributed by atoms with Crippen LogP contribution >= 0.6 is 134 Å². The van der Waals surface area contributed by atoms with Gasteiger partial charge in [-0.25, -0.2) is 19.9 Å². The van der Waals surface area contributed by atoms with Crippen molar-refractivity contribution < 1.29 is 49.1 Å². The van der Waals surface area contributed by atoms with Gasteiger partial charge < -0.3 is 29.9 Å². The average Bonchev–Trinajstić information content (AvgIpc) is 0.895. The van der Waals surface area contributed by atoms with Gasteiger partial charge in [-0.15, -0.1) is 0 Å². The lowest BCUT2D eigenvalue weighted by Gasteiger charge is -2.27. The number of hydrogen-bond acceptors (Lipinski definition) is 20. The Morgan fingerprint density at radius 1 is 0.426 bits per heavy atom. The van der Waals surface area contributed by atoms with Crippen LogP contribution in [0.25, 0.3) is 43.6 Å². The zero-order valence-electron chi connectivity index (χ0n) is 49.6. The first-order valence-corrected chi connectivity index (χ1v) is 36.2. The predicted octanol–water partition coefficient (Wildman–Crippen LogP) is 9.90. The Morgan fingerprint density at radius 3 is 1.04 bits per heavy atom. The second-order valence-electron chi connectivity index (χ2n) is 22.6. The summed E-state index contributed by atoms with van der Waals surface area (Å²) >= 11 is 40.5. The van der Waals surface area contributed by atoms with E-state index in [2.05, 4.69) is 83.7 Å². The van der Waals surface area contributed by atoms with E-state index in [-0.39, 0.29) is 108 Å². The van der Waals surface area contributed by atoms with Crippen molar-refractivity contribution in [1.82, 2.24) is 38.2 Å². The molecule has 94 heavy (non-hydrogen) atoms. The Bertz CT molecular complexity index is 4160. The molecule has 0 aliphatic carbocycles. The Labute approximate surface area is 597 Å². The van der Waals surface area contributed by atoms with Crippen LogP contribution in [0.2, 0.25) is 20.1 Å². The quantitative estimate of drug-likeness (QED) is 0.0699. The standard InChI is InChI=1S/C16H16BrClN2O4.C16H16BrClN2O3S.C15H14BrClN2O4.C15H14BrClN2O3S/c2*17-11-6-13-10(5-12(11)18)16(23)20(8-19-13)7-9(21)4-15-14(22)2-1-3-24-15;2*16-10-5-12-9(4-11(10)17)15(22)19(7-18-12)6-8(20)3-14-13(21)1-2-23-14/h2*5-6,8,14-15,22H,1-4,7H2;2*4-5,7,13-14,21H,1-3,6H2/t2*14-,15+;2*13-,14+/m0000/s1. The van der Waals surface area contributed by atoms with Crippen molar-refractivity contribution in [1.29, 1.82) is 0 Å². The van der Waals surface area contributed by atoms with E-state index < -0.39 is 36.6 Å². The van der Waals surface area contributed by atoms with Gasteiger partial charge in [0.15, 0.2) is 23.1 Å². The number of carbonyl (C=O) groups excluding carboxylic acids is 4. The molecule has 500 valence electrons. The summed E-state index contributed by atoms with van der Waals surface area (Å²) in [6.45, 7) is 0.687. The van der Waals surface area contributed by atoms with Gasteiger partial charge in [0.1, 0.15) is 0 Å². The SMILES string of the molecule is O=C(C[C@H]1OCCC[C@@H]1O)Cn1cnc2cc(Br)c(Cl)cc2c1=O.O=C(C[C@H]1OCC[C@@H]1O)Cn1cnc2cc(Br)c(Cl)cc2c1=O.O=C(C[C@H]1SCCC[C@@H]1O)Cn1cnc2cc(Br)c(Cl)cc2c1=O.O=C(C[C@H]1SCC[C@@H]1O)Cn1cnc2cc(Br)c(Cl)cc2c1=O. The monoisotopic (exact) mass is 1660 g/mol. The van der Waals surface area contributed by atoms with Crippen LogP contribution in [0.4, 0.5) is 0 Å². The van der Waals surface area contributed by atoms with E-state index in [0.29, 0.717) is 114 Å². The minimum atomic E-state index is -0.634. The smallest absolute Gasteiger partial charge is 0.261 e. The first-order valence-electron chi connectivity index (χ1n) is 29.4. The minimum Gasteiger partial charge on any atom is -0.392 e. The Hall–Kier alpha value is -4.34. The molecule has 4 aromatic heterocycles. The number of thioether (sulfide) groups is 2. The van der Waals surface area contributed by atoms with Gasteiger partial charge in [-0.3, -0.25) is 56.6 Å². The second-order valence-corrected chi connectivity index (χ2v) is 30.3. The highest BCUT2D eigenvalue weighted by Gasteiger charge is 2.31. The van der Waals surface area contributed by atoms with Gasteiger partial charge in [-0.2, -0.15) is 23.5 Å². The molecule has 0 amide bonds. The molecule has 0 saturated carbocycles. The van der Waals surface area contributed by atoms with Gasteiger partial charge >= 0.3 is 0 Å². The summed E-state index contributed by atoms with van der Waals surface area (Å²) in [5, 5.41) is 42.3. The molecule has 4 N–H and O–H groups in total. The molecule has 8 heterocycles. The van der Waals surface area contributed by atoms with Gasteiger partial charge in [-0.05, 0) is 162 Å². The number of nitrogens with zero attached hydrogens (tertiary/aromatic N) is 8. The predicted molar refractivity (Wildman–Crippen MR) is 377 cm³/mol. The fraction of sp³-hybridized carbons (Fsp3) is 0.419. The molecule has 4 fully saturated rings. The van der Waals surface area contributed by atoms with Gasteiger partial charge in [0.2, 0.25) is 0 Å². The van der Waals surface area contributed by atoms with E-state index >= 15 is 0 Å². The third-order valence-electron chi connectivity index (χ3n) is 15.7. The van der Waals surface area contributed by atoms with Gasteiger partial charge in [0.25, 0.3) is 22.2 Å². The maximum absolute atomic E-state index is 12.5. The third-order valence-corrected chi connectivity index (χ3v) is 23.3. The zero-order chi connectivity index (χ0) is 67.7. The number of ketones is 4. The molecular formula is C62H60Br4Cl4N8O14S2. The second kappa shape index (κ2) is 33.9. The number of aliphatic hydroxyl groups excluding tert-OH is 4. The van der Waals surface area contributed by atoms with Crippen molar-refractivity contribution in [2.75, 3.05) is 24.7 Å². The van der Waals surface area contributed by atoms with Crippen molar-refractivity contribution >= 4 is 200 Å². The normalized spacial score (nSPS) is 21.1. The molecule has 12 rings (SSSR count). The highest BCUT2D eigenvalue weighted by molar-refractivity contribution is 9.11. The Kier molecular flexibility index (Phi) is 26.7. The Morgan fingerprint density at radius 2 is 0.734 bits per heavy atom. The summed E-state index contributed by atoms with van der Waals surface area (Å²) in [4.78, 5) is 116. The lowest BCUT2D eigenvalue weighted by Crippen LogP contribution is -2.37. The van der Waals surface area contributed by atoms with E-state index in [1.54, 1.807) is 59.9 Å². The van der Waals surface area contributed by atoms with Crippen LogP contribution in [-0.4, -0.2) is 154 Å². The molecule has 0 radical (unpaired) electrons. The van der Waals surface area contributed by atoms with Crippen molar-refractivity contribution in [2.45, 2.75) is 138 Å². The zero-order valence-corrected chi connectivity index (χ0v) is 60.6. The van der Waals surface area contributed by atoms with E-state index in [4.69, 9.17) is 55.9 Å². The molecule has 8 atom stereocenters. The molecular weight excluding hydrogens is 1610 g/mol. The molecule has 4 aliphatic rings. The topological polar surface area (TPSA) is 307 Å². The van der Waals surface area contributed by atoms with Gasteiger partial charge in [0, 0.05) is 67.3 Å². The molecule has 0 spiro atoms. The summed E-state index contributed by atoms with van der Waals surface area (Å²) in [6.07, 6.45) is 7.36. The van der Waals surface area contributed by atoms with Crippen LogP contribution in [0, 0.1) is 0 Å². The lowest BCUT2D eigenvalue weighted by molar-refractivity contribution is -0.129. The van der Waals surface area contributed by atoms with E-state index in [0.717, 1.165) is 30.8 Å². The highest BCUT2D eigenvalue weighted by atomic mass is 79.9. The number of aromatic nitrogens is 8. The van der Waals surface area contributed by atoms with Crippen LogP contribution in [0.3, 0.4) is 0 Å². The van der Waals surface area contributed by atoms with E-state index in [1.807, 2.05) is 0 Å². The van der Waals surface area contributed by atoms with E-state index in [1.165, 1.54) is 55.7 Å². The summed E-state index contributed by atoms with van der Waals surface area (Å²) in [5.41, 5.74) is 0.820. The number of halogens is 8. The number of ether oxygens (including phenoxy) is 2. The molecule has 22 nitrogen and oxygen atoms in total. The number of carbonyl (C=O) groups is 4. The van der Waals surface area contributed by atoms with Gasteiger partial charge in [0.05, 0.1) is 152 Å². The molecule has 4 saturated heterocycles. The van der Waals surface area contributed by atoms with Crippen LogP contribution in [0.15, 0.2) is 111 Å². The molecule has 32 heteroatoms.